The molecule has 2 fully saturated rings. The second-order valence-electron chi connectivity index (χ2n) is 14.8. The summed E-state index contributed by atoms with van der Waals surface area (Å²) < 4.78 is 17.7. The number of benzene rings is 3. The van der Waals surface area contributed by atoms with Gasteiger partial charge in [-0.1, -0.05) is 65.2 Å². The van der Waals surface area contributed by atoms with Crippen molar-refractivity contribution < 1.29 is 24.1 Å². The lowest BCUT2D eigenvalue weighted by Crippen LogP contribution is -2.37. The first kappa shape index (κ1) is 39.3. The van der Waals surface area contributed by atoms with Crippen LogP contribution in [0.1, 0.15) is 76.5 Å². The van der Waals surface area contributed by atoms with Gasteiger partial charge in [0.05, 0.1) is 33.0 Å². The maximum absolute atomic E-state index is 13.1. The Bertz CT molecular complexity index is 1530. The molecule has 3 aromatic carbocycles. The Morgan fingerprint density at radius 2 is 1.67 bits per heavy atom. The highest BCUT2D eigenvalue weighted by Crippen LogP contribution is 2.33. The minimum absolute atomic E-state index is 0.148. The molecule has 0 spiro atoms. The minimum Gasteiger partial charge on any atom is -0.489 e. The fourth-order valence-electron chi connectivity index (χ4n) is 7.34. The van der Waals surface area contributed by atoms with Gasteiger partial charge in [0.15, 0.2) is 0 Å². The molecule has 2 saturated heterocycles. The van der Waals surface area contributed by atoms with E-state index in [0.717, 1.165) is 75.8 Å². The quantitative estimate of drug-likeness (QED) is 0.141. The summed E-state index contributed by atoms with van der Waals surface area (Å²) >= 11 is 0. The zero-order valence-corrected chi connectivity index (χ0v) is 32.3. The third-order valence-corrected chi connectivity index (χ3v) is 10.3. The van der Waals surface area contributed by atoms with Gasteiger partial charge in [0, 0.05) is 68.1 Å². The summed E-state index contributed by atoms with van der Waals surface area (Å²) in [5.41, 5.74) is 7.96. The number of hydrogen-bond donors (Lipinski definition) is 1. The van der Waals surface area contributed by atoms with Crippen molar-refractivity contribution in [2.75, 3.05) is 85.8 Å². The molecule has 0 aliphatic carbocycles. The predicted octanol–water partition coefficient (Wildman–Crippen LogP) is 8.30. The molecule has 3 aromatic rings. The largest absolute Gasteiger partial charge is 0.489 e. The van der Waals surface area contributed by atoms with Gasteiger partial charge < -0.3 is 34.0 Å². The standard InChI is InChI=1S/C43H62N4O5/c1-6-10-34(7-2)27-36-13-14-39(47(21-24-48)43(49)52-31-33(3)4)29-42(36)44(5)30-35-11-16-40(17-12-35)51-32-37-28-38(45-19-8-9-20-45)15-18-41(37)46-22-25-50-26-23-46/h11-18,28-29,33-34,48H,6-10,19-27,30-32H2,1-5H3. The van der Waals surface area contributed by atoms with Crippen molar-refractivity contribution >= 4 is 28.8 Å². The molecule has 9 heteroatoms. The summed E-state index contributed by atoms with van der Waals surface area (Å²) in [6.45, 7) is 15.6. The third-order valence-electron chi connectivity index (χ3n) is 10.3. The molecule has 2 heterocycles. The number of rotatable bonds is 18. The summed E-state index contributed by atoms with van der Waals surface area (Å²) in [5.74, 6) is 1.66. The fraction of sp³-hybridized carbons (Fsp3) is 0.558. The van der Waals surface area contributed by atoms with Crippen LogP contribution < -0.4 is 24.3 Å². The van der Waals surface area contributed by atoms with Crippen molar-refractivity contribution in [2.45, 2.75) is 79.4 Å². The minimum atomic E-state index is -0.433. The van der Waals surface area contributed by atoms with Gasteiger partial charge in [0.25, 0.3) is 0 Å². The molecular formula is C43H62N4O5. The summed E-state index contributed by atoms with van der Waals surface area (Å²) in [7, 11) is 2.11. The van der Waals surface area contributed by atoms with Crippen LogP contribution in [0, 0.1) is 11.8 Å². The van der Waals surface area contributed by atoms with Crippen LogP contribution in [-0.4, -0.2) is 77.4 Å². The van der Waals surface area contributed by atoms with Crippen molar-refractivity contribution in [3.05, 3.63) is 77.4 Å². The highest BCUT2D eigenvalue weighted by Gasteiger charge is 2.22. The van der Waals surface area contributed by atoms with Gasteiger partial charge in [-0.2, -0.15) is 0 Å². The van der Waals surface area contributed by atoms with E-state index in [0.29, 0.717) is 25.7 Å². The van der Waals surface area contributed by atoms with Gasteiger partial charge in [-0.05, 0) is 84.7 Å². The molecule has 0 radical (unpaired) electrons. The molecule has 1 N–H and O–H groups in total. The molecule has 284 valence electrons. The van der Waals surface area contributed by atoms with Gasteiger partial charge in [-0.25, -0.2) is 4.79 Å². The molecule has 0 bridgehead atoms. The van der Waals surface area contributed by atoms with Crippen LogP contribution in [0.15, 0.2) is 60.7 Å². The van der Waals surface area contributed by atoms with Crippen LogP contribution in [0.2, 0.25) is 0 Å². The number of hydrogen-bond acceptors (Lipinski definition) is 8. The molecule has 5 rings (SSSR count). The van der Waals surface area contributed by atoms with Gasteiger partial charge in [0.1, 0.15) is 12.4 Å². The highest BCUT2D eigenvalue weighted by molar-refractivity contribution is 5.88. The second kappa shape index (κ2) is 19.8. The van der Waals surface area contributed by atoms with Crippen LogP contribution in [0.25, 0.3) is 0 Å². The lowest BCUT2D eigenvalue weighted by molar-refractivity contribution is 0.122. The molecule has 0 aromatic heterocycles. The van der Waals surface area contributed by atoms with Crippen molar-refractivity contribution in [1.82, 2.24) is 0 Å². The lowest BCUT2D eigenvalue weighted by atomic mass is 9.91. The number of aliphatic hydroxyl groups excluding tert-OH is 1. The van der Waals surface area contributed by atoms with Gasteiger partial charge in [0.2, 0.25) is 0 Å². The van der Waals surface area contributed by atoms with E-state index in [1.165, 1.54) is 47.3 Å². The summed E-state index contributed by atoms with van der Waals surface area (Å²) in [5, 5.41) is 9.84. The molecule has 1 atom stereocenters. The van der Waals surface area contributed by atoms with Crippen molar-refractivity contribution in [2.24, 2.45) is 11.8 Å². The fourth-order valence-corrected chi connectivity index (χ4v) is 7.34. The summed E-state index contributed by atoms with van der Waals surface area (Å²) in [6, 6.07) is 21.5. The Labute approximate surface area is 312 Å². The van der Waals surface area contributed by atoms with Crippen molar-refractivity contribution in [3.8, 4) is 5.75 Å². The molecule has 52 heavy (non-hydrogen) atoms. The summed E-state index contributed by atoms with van der Waals surface area (Å²) in [6.07, 6.45) is 6.49. The number of amides is 1. The average molecular weight is 715 g/mol. The van der Waals surface area contributed by atoms with E-state index in [-0.39, 0.29) is 19.1 Å². The predicted molar refractivity (Wildman–Crippen MR) is 213 cm³/mol. The normalized spacial score (nSPS) is 15.2. The van der Waals surface area contributed by atoms with Crippen molar-refractivity contribution in [3.63, 3.8) is 0 Å². The van der Waals surface area contributed by atoms with E-state index in [1.54, 1.807) is 4.90 Å². The van der Waals surface area contributed by atoms with Crippen LogP contribution in [0.3, 0.4) is 0 Å². The van der Waals surface area contributed by atoms with E-state index < -0.39 is 6.09 Å². The zero-order chi connectivity index (χ0) is 36.9. The van der Waals surface area contributed by atoms with Crippen LogP contribution in [-0.2, 0) is 29.0 Å². The number of carbonyl (C=O) groups excluding carboxylic acids is 1. The Balaban J connectivity index is 1.32. The number of carbonyl (C=O) groups is 1. The third kappa shape index (κ3) is 10.8. The highest BCUT2D eigenvalue weighted by atomic mass is 16.6. The van der Waals surface area contributed by atoms with E-state index in [9.17, 15) is 9.90 Å². The maximum atomic E-state index is 13.1. The number of nitrogens with zero attached hydrogens (tertiary/aromatic N) is 4. The molecule has 2 aliphatic rings. The van der Waals surface area contributed by atoms with Gasteiger partial charge in [-0.15, -0.1) is 0 Å². The number of morpholine rings is 1. The molecule has 1 unspecified atom stereocenters. The number of ether oxygens (including phenoxy) is 3. The van der Waals surface area contributed by atoms with Crippen LogP contribution in [0.5, 0.6) is 5.75 Å². The first-order valence-electron chi connectivity index (χ1n) is 19.6. The monoisotopic (exact) mass is 714 g/mol. The van der Waals surface area contributed by atoms with Gasteiger partial charge >= 0.3 is 6.09 Å². The Kier molecular flexibility index (Phi) is 14.9. The molecule has 1 amide bonds. The van der Waals surface area contributed by atoms with E-state index in [1.807, 2.05) is 19.9 Å². The second-order valence-corrected chi connectivity index (χ2v) is 14.8. The van der Waals surface area contributed by atoms with E-state index in [2.05, 4.69) is 90.2 Å². The molecular weight excluding hydrogens is 652 g/mol. The van der Waals surface area contributed by atoms with Crippen LogP contribution in [0.4, 0.5) is 27.5 Å². The number of anilines is 4. The van der Waals surface area contributed by atoms with Gasteiger partial charge in [-0.3, -0.25) is 4.90 Å². The van der Waals surface area contributed by atoms with E-state index >= 15 is 0 Å². The Morgan fingerprint density at radius 1 is 0.923 bits per heavy atom. The lowest BCUT2D eigenvalue weighted by Gasteiger charge is -2.31. The number of aliphatic hydroxyl groups is 1. The van der Waals surface area contributed by atoms with Crippen LogP contribution >= 0.6 is 0 Å². The zero-order valence-electron chi connectivity index (χ0n) is 32.3. The average Bonchev–Trinajstić information content (AvgIpc) is 3.71. The topological polar surface area (TPSA) is 77.9 Å². The first-order chi connectivity index (χ1) is 25.3. The Hall–Kier alpha value is -3.95. The first-order valence-corrected chi connectivity index (χ1v) is 19.6. The summed E-state index contributed by atoms with van der Waals surface area (Å²) in [4.78, 5) is 21.8. The smallest absolute Gasteiger partial charge is 0.414 e. The van der Waals surface area contributed by atoms with Crippen molar-refractivity contribution in [1.29, 1.82) is 0 Å². The van der Waals surface area contributed by atoms with E-state index in [4.69, 9.17) is 14.2 Å². The molecule has 2 aliphatic heterocycles. The molecule has 9 nitrogen and oxygen atoms in total. The molecule has 0 saturated carbocycles. The SMILES string of the molecule is CCCC(CC)Cc1ccc(N(CCO)C(=O)OCC(C)C)cc1N(C)Cc1ccc(OCc2cc(N3CCCC3)ccc2N2CCOCC2)cc1. The Morgan fingerprint density at radius 3 is 2.35 bits per heavy atom. The maximum Gasteiger partial charge on any atom is 0.414 e.